The molecule has 0 aromatic heterocycles. The quantitative estimate of drug-likeness (QED) is 0.507. The fourth-order valence-corrected chi connectivity index (χ4v) is 1.63. The molecule has 0 saturated heterocycles. The van der Waals surface area contributed by atoms with Gasteiger partial charge in [0, 0.05) is 0 Å². The van der Waals surface area contributed by atoms with E-state index in [1.54, 1.807) is 0 Å². The maximum absolute atomic E-state index is 4.49. The van der Waals surface area contributed by atoms with Crippen molar-refractivity contribution in [3.8, 4) is 0 Å². The largest absolute Gasteiger partial charge is 0.285 e. The second-order valence-corrected chi connectivity index (χ2v) is 3.79. The van der Waals surface area contributed by atoms with Gasteiger partial charge in [0.15, 0.2) is 0 Å². The third-order valence-electron chi connectivity index (χ3n) is 2.41. The normalized spacial score (nSPS) is 12.6. The Morgan fingerprint density at radius 1 is 1.44 bits per heavy atom. The highest BCUT2D eigenvalue weighted by atomic mass is 14.8. The number of hydrogen-bond donors (Lipinski definition) is 0. The van der Waals surface area contributed by atoms with E-state index in [9.17, 15) is 0 Å². The van der Waals surface area contributed by atoms with Gasteiger partial charge in [0.25, 0.3) is 0 Å². The van der Waals surface area contributed by atoms with Crippen molar-refractivity contribution in [1.82, 2.24) is 0 Å². The van der Waals surface area contributed by atoms with E-state index in [0.717, 1.165) is 12.0 Å². The van der Waals surface area contributed by atoms with Crippen molar-refractivity contribution in [3.05, 3.63) is 54.6 Å². The van der Waals surface area contributed by atoms with Crippen LogP contribution in [0, 0.1) is 0 Å². The number of hydrogen-bond acceptors (Lipinski definition) is 1. The molecule has 1 unspecified atom stereocenters. The topological polar surface area (TPSA) is 12.4 Å². The molecule has 0 fully saturated rings. The van der Waals surface area contributed by atoms with Gasteiger partial charge in [0.1, 0.15) is 0 Å². The van der Waals surface area contributed by atoms with E-state index in [2.05, 4.69) is 37.2 Å². The van der Waals surface area contributed by atoms with Crippen LogP contribution in [-0.2, 0) is 0 Å². The Labute approximate surface area is 98.2 Å². The Hall–Kier alpha value is -1.63. The van der Waals surface area contributed by atoms with Crippen molar-refractivity contribution in [2.75, 3.05) is 0 Å². The standard InChI is InChI=1S/C15H19N/c1-5-11-16-15(6-2)14-10-8-7-9-13(14)12(3)4/h6-11,15H,2-3,5H2,1,4H3. The van der Waals surface area contributed by atoms with Crippen LogP contribution in [0.2, 0.25) is 0 Å². The van der Waals surface area contributed by atoms with E-state index in [4.69, 9.17) is 0 Å². The summed E-state index contributed by atoms with van der Waals surface area (Å²) < 4.78 is 0. The van der Waals surface area contributed by atoms with Crippen LogP contribution < -0.4 is 0 Å². The number of benzene rings is 1. The van der Waals surface area contributed by atoms with Crippen molar-refractivity contribution in [2.24, 2.45) is 4.99 Å². The van der Waals surface area contributed by atoms with Crippen LogP contribution in [-0.4, -0.2) is 6.21 Å². The maximum Gasteiger partial charge on any atom is 0.0929 e. The summed E-state index contributed by atoms with van der Waals surface area (Å²) in [6.07, 6.45) is 4.75. The van der Waals surface area contributed by atoms with Crippen molar-refractivity contribution in [3.63, 3.8) is 0 Å². The van der Waals surface area contributed by atoms with E-state index in [0.29, 0.717) is 0 Å². The molecule has 1 heteroatoms. The summed E-state index contributed by atoms with van der Waals surface area (Å²) in [5.41, 5.74) is 3.41. The Kier molecular flexibility index (Phi) is 4.71. The zero-order chi connectivity index (χ0) is 12.0. The average Bonchev–Trinajstić information content (AvgIpc) is 2.30. The molecule has 1 atom stereocenters. The zero-order valence-electron chi connectivity index (χ0n) is 10.1. The molecule has 0 aliphatic rings. The van der Waals surface area contributed by atoms with Gasteiger partial charge in [0.05, 0.1) is 6.04 Å². The molecule has 0 N–H and O–H groups in total. The second kappa shape index (κ2) is 6.06. The third kappa shape index (κ3) is 2.93. The highest BCUT2D eigenvalue weighted by Crippen LogP contribution is 2.26. The predicted octanol–water partition coefficient (Wildman–Crippen LogP) is 4.43. The highest BCUT2D eigenvalue weighted by Gasteiger charge is 2.09. The zero-order valence-corrected chi connectivity index (χ0v) is 10.1. The minimum absolute atomic E-state index is 0.0350. The number of nitrogens with zero attached hydrogens (tertiary/aromatic N) is 1. The fourth-order valence-electron chi connectivity index (χ4n) is 1.63. The number of allylic oxidation sites excluding steroid dienone is 1. The lowest BCUT2D eigenvalue weighted by molar-refractivity contribution is 0.910. The summed E-state index contributed by atoms with van der Waals surface area (Å²) in [6.45, 7) is 11.9. The Morgan fingerprint density at radius 2 is 2.12 bits per heavy atom. The van der Waals surface area contributed by atoms with Crippen LogP contribution >= 0.6 is 0 Å². The first-order chi connectivity index (χ1) is 7.70. The van der Waals surface area contributed by atoms with Gasteiger partial charge in [0.2, 0.25) is 0 Å². The average molecular weight is 213 g/mol. The summed E-state index contributed by atoms with van der Waals surface area (Å²) in [7, 11) is 0. The lowest BCUT2D eigenvalue weighted by atomic mass is 9.96. The van der Waals surface area contributed by atoms with Gasteiger partial charge >= 0.3 is 0 Å². The number of rotatable bonds is 5. The molecule has 1 aromatic rings. The van der Waals surface area contributed by atoms with E-state index in [1.165, 1.54) is 11.1 Å². The van der Waals surface area contributed by atoms with Gasteiger partial charge in [-0.2, -0.15) is 0 Å². The first kappa shape index (κ1) is 12.4. The molecule has 0 heterocycles. The molecule has 0 saturated carbocycles. The van der Waals surface area contributed by atoms with Crippen LogP contribution in [0.25, 0.3) is 5.57 Å². The van der Waals surface area contributed by atoms with E-state index in [1.807, 2.05) is 31.3 Å². The van der Waals surface area contributed by atoms with Crippen molar-refractivity contribution in [1.29, 1.82) is 0 Å². The van der Waals surface area contributed by atoms with E-state index in [-0.39, 0.29) is 6.04 Å². The summed E-state index contributed by atoms with van der Waals surface area (Å²) >= 11 is 0. The summed E-state index contributed by atoms with van der Waals surface area (Å²) in [5, 5.41) is 0. The van der Waals surface area contributed by atoms with Crippen molar-refractivity contribution < 1.29 is 0 Å². The molecule has 0 aliphatic heterocycles. The van der Waals surface area contributed by atoms with Crippen LogP contribution in [0.5, 0.6) is 0 Å². The third-order valence-corrected chi connectivity index (χ3v) is 2.41. The molecule has 0 radical (unpaired) electrons. The maximum atomic E-state index is 4.49. The molecule has 1 nitrogen and oxygen atoms in total. The number of aliphatic imine (C=N–C) groups is 1. The van der Waals surface area contributed by atoms with Crippen LogP contribution in [0.4, 0.5) is 0 Å². The molecule has 1 aromatic carbocycles. The van der Waals surface area contributed by atoms with Crippen molar-refractivity contribution >= 4 is 11.8 Å². The highest BCUT2D eigenvalue weighted by molar-refractivity contribution is 5.66. The van der Waals surface area contributed by atoms with Crippen LogP contribution in [0.3, 0.4) is 0 Å². The van der Waals surface area contributed by atoms with E-state index >= 15 is 0 Å². The van der Waals surface area contributed by atoms with Gasteiger partial charge in [-0.3, -0.25) is 4.99 Å². The minimum Gasteiger partial charge on any atom is -0.285 e. The van der Waals surface area contributed by atoms with Gasteiger partial charge in [-0.25, -0.2) is 0 Å². The van der Waals surface area contributed by atoms with E-state index < -0.39 is 0 Å². The van der Waals surface area contributed by atoms with Gasteiger partial charge in [-0.15, -0.1) is 6.58 Å². The molecular weight excluding hydrogens is 194 g/mol. The predicted molar refractivity (Wildman–Crippen MR) is 72.9 cm³/mol. The summed E-state index contributed by atoms with van der Waals surface area (Å²) in [5.74, 6) is 0. The SMILES string of the molecule is C=CC(N=CCC)c1ccccc1C(=C)C. The lowest BCUT2D eigenvalue weighted by Crippen LogP contribution is -1.96. The van der Waals surface area contributed by atoms with Gasteiger partial charge in [-0.1, -0.05) is 49.4 Å². The lowest BCUT2D eigenvalue weighted by Gasteiger charge is -2.13. The Bertz CT molecular complexity index is 402. The molecule has 1 rings (SSSR count). The molecular formula is C15H19N. The summed E-state index contributed by atoms with van der Waals surface area (Å²) in [4.78, 5) is 4.49. The summed E-state index contributed by atoms with van der Waals surface area (Å²) in [6, 6.07) is 8.25. The first-order valence-corrected chi connectivity index (χ1v) is 5.59. The van der Waals surface area contributed by atoms with Gasteiger partial charge < -0.3 is 0 Å². The molecule has 16 heavy (non-hydrogen) atoms. The van der Waals surface area contributed by atoms with Crippen molar-refractivity contribution in [2.45, 2.75) is 26.3 Å². The fraction of sp³-hybridized carbons (Fsp3) is 0.267. The molecule has 0 bridgehead atoms. The van der Waals surface area contributed by atoms with Gasteiger partial charge in [-0.05, 0) is 30.7 Å². The Morgan fingerprint density at radius 3 is 2.69 bits per heavy atom. The molecule has 0 aliphatic carbocycles. The molecule has 0 amide bonds. The van der Waals surface area contributed by atoms with Crippen LogP contribution in [0.1, 0.15) is 37.4 Å². The van der Waals surface area contributed by atoms with Crippen LogP contribution in [0.15, 0.2) is 48.5 Å². The second-order valence-electron chi connectivity index (χ2n) is 3.79. The first-order valence-electron chi connectivity index (χ1n) is 5.59. The molecule has 0 spiro atoms. The molecule has 84 valence electrons. The smallest absolute Gasteiger partial charge is 0.0929 e. The minimum atomic E-state index is 0.0350. The Balaban J connectivity index is 3.13. The monoisotopic (exact) mass is 213 g/mol.